The van der Waals surface area contributed by atoms with Crippen LogP contribution in [0.5, 0.6) is 0 Å². The molecule has 0 amide bonds. The fraction of sp³-hybridized carbons (Fsp3) is 0.933. The number of thiocarbonyl (C=S) groups is 1. The Kier molecular flexibility index (Phi) is 0.833. The molecule has 0 nitrogen and oxygen atoms in total. The molecule has 0 spiro atoms. The minimum Gasteiger partial charge on any atom is -0.0890 e. The van der Waals surface area contributed by atoms with Crippen LogP contribution in [0, 0.1) is 71.0 Å². The zero-order valence-electron chi connectivity index (χ0n) is 9.25. The van der Waals surface area contributed by atoms with E-state index in [9.17, 15) is 0 Å². The van der Waals surface area contributed by atoms with Crippen molar-refractivity contribution in [1.29, 1.82) is 0 Å². The molecule has 12 unspecified atom stereocenters. The molecule has 1 heteroatoms. The summed E-state index contributed by atoms with van der Waals surface area (Å²) in [4.78, 5) is 1.51. The first kappa shape index (κ1) is 7.51. The van der Waals surface area contributed by atoms with Crippen LogP contribution in [0.4, 0.5) is 0 Å². The molecular weight excluding hydrogens is 212 g/mol. The number of rotatable bonds is 0. The standard InChI is InChI=1S/C15H16S/c16-15-13-11-9-7-5-3-1-2-4(3)6(5)8(7)10(9)12(11)14(13)15/h3-14H,1-2H2. The maximum Gasteiger partial charge on any atom is 0.00160 e. The highest BCUT2D eigenvalue weighted by molar-refractivity contribution is 7.81. The number of fused-ring (bicyclic) bond motifs is 16. The second kappa shape index (κ2) is 1.77. The van der Waals surface area contributed by atoms with E-state index >= 15 is 0 Å². The minimum atomic E-state index is 0.985. The lowest BCUT2D eigenvalue weighted by molar-refractivity contribution is -0.410. The molecule has 0 aromatic heterocycles. The summed E-state index contributed by atoms with van der Waals surface area (Å²) in [6.45, 7) is 0. The Balaban J connectivity index is 1.30. The van der Waals surface area contributed by atoms with Crippen LogP contribution in [-0.4, -0.2) is 4.86 Å². The van der Waals surface area contributed by atoms with E-state index in [0.29, 0.717) is 0 Å². The van der Waals surface area contributed by atoms with Crippen LogP contribution in [0.25, 0.3) is 0 Å². The smallest absolute Gasteiger partial charge is 0.00160 e. The lowest BCUT2D eigenvalue weighted by atomic mass is 9.17. The van der Waals surface area contributed by atoms with Crippen molar-refractivity contribution in [3.8, 4) is 0 Å². The molecule has 7 fully saturated rings. The van der Waals surface area contributed by atoms with Gasteiger partial charge in [0.05, 0.1) is 0 Å². The molecule has 7 aliphatic rings. The van der Waals surface area contributed by atoms with Crippen molar-refractivity contribution < 1.29 is 0 Å². The van der Waals surface area contributed by atoms with Crippen molar-refractivity contribution in [1.82, 2.24) is 0 Å². The maximum atomic E-state index is 5.51. The van der Waals surface area contributed by atoms with Gasteiger partial charge in [0, 0.05) is 16.7 Å². The summed E-state index contributed by atoms with van der Waals surface area (Å²) in [7, 11) is 0. The van der Waals surface area contributed by atoms with E-state index in [4.69, 9.17) is 12.2 Å². The SMILES string of the molecule is S=C1C2C1C1C2C2C3C4C5CCC5C4C3C12. The normalized spacial score (nSPS) is 86.4. The van der Waals surface area contributed by atoms with Crippen molar-refractivity contribution in [2.24, 2.45) is 71.0 Å². The van der Waals surface area contributed by atoms with Crippen molar-refractivity contribution in [2.75, 3.05) is 0 Å². The highest BCUT2D eigenvalue weighted by Crippen LogP contribution is 2.91. The molecule has 0 saturated heterocycles. The van der Waals surface area contributed by atoms with Crippen molar-refractivity contribution >= 4 is 17.1 Å². The number of hydrogen-bond acceptors (Lipinski definition) is 1. The second-order valence-electron chi connectivity index (χ2n) is 7.98. The van der Waals surface area contributed by atoms with E-state index in [-0.39, 0.29) is 0 Å². The van der Waals surface area contributed by atoms with Gasteiger partial charge in [-0.25, -0.2) is 0 Å². The van der Waals surface area contributed by atoms with Gasteiger partial charge in [0.1, 0.15) is 0 Å². The molecule has 0 aromatic carbocycles. The van der Waals surface area contributed by atoms with Crippen molar-refractivity contribution in [3.05, 3.63) is 0 Å². The molecule has 0 bridgehead atoms. The average molecular weight is 228 g/mol. The molecule has 7 rings (SSSR count). The third-order valence-electron chi connectivity index (χ3n) is 8.58. The van der Waals surface area contributed by atoms with Crippen LogP contribution in [0.3, 0.4) is 0 Å². The number of hydrogen-bond donors (Lipinski definition) is 0. The first-order chi connectivity index (χ1) is 7.89. The van der Waals surface area contributed by atoms with Gasteiger partial charge in [0.2, 0.25) is 0 Å². The Labute approximate surface area is 101 Å². The zero-order chi connectivity index (χ0) is 9.92. The molecule has 0 aliphatic heterocycles. The van der Waals surface area contributed by atoms with Gasteiger partial charge in [-0.3, -0.25) is 0 Å². The van der Waals surface area contributed by atoms with Gasteiger partial charge in [-0.2, -0.15) is 0 Å². The summed E-state index contributed by atoms with van der Waals surface area (Å²) < 4.78 is 0. The van der Waals surface area contributed by atoms with Gasteiger partial charge in [-0.05, 0) is 72.0 Å². The summed E-state index contributed by atoms with van der Waals surface area (Å²) in [5.41, 5.74) is 0. The Morgan fingerprint density at radius 1 is 0.625 bits per heavy atom. The molecule has 12 atom stereocenters. The van der Waals surface area contributed by atoms with Crippen molar-refractivity contribution in [3.63, 3.8) is 0 Å². The quantitative estimate of drug-likeness (QED) is 0.454. The van der Waals surface area contributed by atoms with Gasteiger partial charge < -0.3 is 0 Å². The maximum absolute atomic E-state index is 5.51. The predicted molar refractivity (Wildman–Crippen MR) is 63.7 cm³/mol. The second-order valence-corrected chi connectivity index (χ2v) is 8.45. The molecule has 82 valence electrons. The molecule has 7 saturated carbocycles. The van der Waals surface area contributed by atoms with E-state index in [1.807, 2.05) is 0 Å². The Morgan fingerprint density at radius 2 is 1.06 bits per heavy atom. The molecule has 0 heterocycles. The first-order valence-electron chi connectivity index (χ1n) is 7.43. The van der Waals surface area contributed by atoms with Gasteiger partial charge in [-0.1, -0.05) is 12.2 Å². The fourth-order valence-corrected chi connectivity index (χ4v) is 8.66. The summed E-state index contributed by atoms with van der Waals surface area (Å²) >= 11 is 5.51. The van der Waals surface area contributed by atoms with E-state index in [1.165, 1.54) is 52.2 Å². The van der Waals surface area contributed by atoms with Gasteiger partial charge in [-0.15, -0.1) is 0 Å². The molecule has 0 N–H and O–H groups in total. The largest absolute Gasteiger partial charge is 0.0890 e. The van der Waals surface area contributed by atoms with E-state index < -0.39 is 0 Å². The van der Waals surface area contributed by atoms with Crippen LogP contribution in [0.2, 0.25) is 0 Å². The third-order valence-corrected chi connectivity index (χ3v) is 9.13. The van der Waals surface area contributed by atoms with Crippen LogP contribution in [0.1, 0.15) is 12.8 Å². The molecule has 0 aromatic rings. The van der Waals surface area contributed by atoms with Crippen LogP contribution < -0.4 is 0 Å². The third kappa shape index (κ3) is 0.428. The Hall–Kier alpha value is 0.0900. The fourth-order valence-electron chi connectivity index (χ4n) is 8.12. The molecule has 7 aliphatic carbocycles. The minimum absolute atomic E-state index is 0.985. The molecular formula is C15H16S. The molecule has 0 radical (unpaired) electrons. The highest BCUT2D eigenvalue weighted by Gasteiger charge is 2.89. The van der Waals surface area contributed by atoms with Crippen molar-refractivity contribution in [2.45, 2.75) is 12.8 Å². The highest BCUT2D eigenvalue weighted by atomic mass is 32.1. The Morgan fingerprint density at radius 3 is 1.50 bits per heavy atom. The lowest BCUT2D eigenvalue weighted by Crippen LogP contribution is -2.84. The topological polar surface area (TPSA) is 0 Å². The zero-order valence-corrected chi connectivity index (χ0v) is 10.1. The average Bonchev–Trinajstić information content (AvgIpc) is 2.76. The summed E-state index contributed by atoms with van der Waals surface area (Å²) in [5, 5.41) is 0. The first-order valence-corrected chi connectivity index (χ1v) is 7.84. The van der Waals surface area contributed by atoms with Crippen LogP contribution >= 0.6 is 12.2 Å². The monoisotopic (exact) mass is 228 g/mol. The predicted octanol–water partition coefficient (Wildman–Crippen LogP) is 2.63. The van der Waals surface area contributed by atoms with Crippen LogP contribution in [-0.2, 0) is 0 Å². The molecule has 16 heavy (non-hydrogen) atoms. The lowest BCUT2D eigenvalue weighted by Gasteiger charge is -2.88. The summed E-state index contributed by atoms with van der Waals surface area (Å²) in [5.74, 6) is 14.1. The summed E-state index contributed by atoms with van der Waals surface area (Å²) in [6.07, 6.45) is 3.20. The van der Waals surface area contributed by atoms with Gasteiger partial charge >= 0.3 is 0 Å². The van der Waals surface area contributed by atoms with E-state index in [1.54, 1.807) is 12.8 Å². The Bertz CT molecular complexity index is 440. The summed E-state index contributed by atoms with van der Waals surface area (Å²) in [6, 6.07) is 0. The van der Waals surface area contributed by atoms with E-state index in [0.717, 1.165) is 23.7 Å². The van der Waals surface area contributed by atoms with E-state index in [2.05, 4.69) is 0 Å². The van der Waals surface area contributed by atoms with Gasteiger partial charge in [0.25, 0.3) is 0 Å². The van der Waals surface area contributed by atoms with Gasteiger partial charge in [0.15, 0.2) is 0 Å². The van der Waals surface area contributed by atoms with Crippen LogP contribution in [0.15, 0.2) is 0 Å².